The number of benzene rings is 10. The molecule has 2 spiro atoms. The van der Waals surface area contributed by atoms with Crippen molar-refractivity contribution in [2.24, 2.45) is 11.8 Å². The Labute approximate surface area is 406 Å². The molecule has 1 heterocycles. The van der Waals surface area contributed by atoms with Gasteiger partial charge in [0.15, 0.2) is 0 Å². The van der Waals surface area contributed by atoms with Crippen molar-refractivity contribution in [2.45, 2.75) is 148 Å². The molecule has 0 N–H and O–H groups in total. The van der Waals surface area contributed by atoms with E-state index in [9.17, 15) is 0 Å². The first-order chi connectivity index (χ1) is 35.4. The minimum atomic E-state index is 0.0444. The second kappa shape index (κ2) is 6.77. The third-order valence-electron chi connectivity index (χ3n) is 31.1. The summed E-state index contributed by atoms with van der Waals surface area (Å²) < 4.78 is 0.0746. The molecule has 1 saturated carbocycles. The van der Waals surface area contributed by atoms with Crippen molar-refractivity contribution < 1.29 is 0 Å². The van der Waals surface area contributed by atoms with Crippen LogP contribution >= 0.6 is 11.8 Å². The third kappa shape index (κ3) is 1.61. The highest BCUT2D eigenvalue weighted by molar-refractivity contribution is 8.00. The number of rotatable bonds is 3. The van der Waals surface area contributed by atoms with Gasteiger partial charge in [0.25, 0.3) is 0 Å². The summed E-state index contributed by atoms with van der Waals surface area (Å²) in [4.78, 5) is 1.82. The largest absolute Gasteiger partial charge is 0.112 e. The topological polar surface area (TPSA) is 0 Å². The van der Waals surface area contributed by atoms with E-state index < -0.39 is 0 Å². The van der Waals surface area contributed by atoms with E-state index in [1.807, 2.05) is 175 Å². The molecule has 0 bridgehead atoms. The molecule has 22 unspecified atom stereocenters. The van der Waals surface area contributed by atoms with Crippen LogP contribution in [0.1, 0.15) is 249 Å². The van der Waals surface area contributed by atoms with E-state index in [0.29, 0.717) is 118 Å². The van der Waals surface area contributed by atoms with Crippen molar-refractivity contribution in [3.63, 3.8) is 0 Å². The van der Waals surface area contributed by atoms with Gasteiger partial charge in [0.05, 0.1) is 4.75 Å². The molecule has 71 heavy (non-hydrogen) atoms. The number of fused-ring (bicyclic) bond motifs is 1. The lowest BCUT2D eigenvalue weighted by molar-refractivity contribution is 0.0341. The van der Waals surface area contributed by atoms with Crippen LogP contribution in [-0.2, 0) is 16.6 Å². The van der Waals surface area contributed by atoms with Crippen LogP contribution in [0.15, 0.2) is 23.1 Å². The average Bonchev–Trinajstić information content (AvgIpc) is 4.37. The van der Waals surface area contributed by atoms with Gasteiger partial charge in [0, 0.05) is 10.3 Å². The molecule has 0 radical (unpaired) electrons. The Balaban J connectivity index is 1.01. The number of unbranched alkanes of at least 4 members (excludes halogenated alkanes) is 1. The molecular weight excluding hydrogens is 873 g/mol. The van der Waals surface area contributed by atoms with E-state index in [2.05, 4.69) is 81.4 Å². The molecular formula is C70H32S. The van der Waals surface area contributed by atoms with Crippen molar-refractivity contribution in [3.8, 4) is 11.1 Å². The minimum absolute atomic E-state index is 0.0444. The standard InChI is InChI=1S/C70H32S/c1-2-3-5-8-6-4-7-9-68(8)71-70-66-60-54-44-32-24-16-12-10-11-14-18(16)26(32)36-30-22(14)23-15(11)19-17-13(10)21-20(12)28-34(24)42-48-38(28)39-29(21)35-25(17)33-27(19)37-31(23)41-40(30)52(46(36)54)62(66)63-53(41)47(37)55-45(33)51-43(35)49(39)57-56(48)64(58(60)50(42)44)69(9,70)65(57)59(51)61(55)67(63)70/h4,6-7,12,14,16,18,20,22,28,30,38-41,49,53,57,59,61,63,65,67H,2-3,5H2,1H3. The van der Waals surface area contributed by atoms with Crippen molar-refractivity contribution in [1.82, 2.24) is 0 Å². The van der Waals surface area contributed by atoms with E-state index in [1.165, 1.54) is 19.3 Å². The Hall–Kier alpha value is -5.37. The van der Waals surface area contributed by atoms with Crippen LogP contribution in [0, 0.1) is 11.8 Å². The Morgan fingerprint density at radius 1 is 0.352 bits per heavy atom. The van der Waals surface area contributed by atoms with Gasteiger partial charge >= 0.3 is 0 Å². The van der Waals surface area contributed by atoms with E-state index >= 15 is 0 Å². The maximum Gasteiger partial charge on any atom is 0.0645 e. The second-order valence-electron chi connectivity index (χ2n) is 30.0. The van der Waals surface area contributed by atoms with E-state index in [-0.39, 0.29) is 10.2 Å². The molecule has 11 aromatic rings. The first-order valence-electron chi connectivity index (χ1n) is 29.4. The quantitative estimate of drug-likeness (QED) is 0.159. The van der Waals surface area contributed by atoms with Gasteiger partial charge in [-0.15, -0.1) is 11.8 Å². The van der Waals surface area contributed by atoms with E-state index in [1.54, 1.807) is 5.56 Å². The summed E-state index contributed by atoms with van der Waals surface area (Å²) in [7, 11) is 0. The molecule has 0 saturated heterocycles. The molecule has 34 rings (SSSR count). The second-order valence-corrected chi connectivity index (χ2v) is 31.3. The molecule has 22 atom stereocenters. The van der Waals surface area contributed by atoms with Gasteiger partial charge < -0.3 is 0 Å². The van der Waals surface area contributed by atoms with E-state index in [0.717, 1.165) is 0 Å². The predicted molar refractivity (Wildman–Crippen MR) is 275 cm³/mol. The molecule has 1 heteroatoms. The number of hydrogen-bond donors (Lipinski definition) is 0. The molecule has 0 amide bonds. The fraction of sp³-hybridized carbons (Fsp3) is 0.371. The van der Waals surface area contributed by atoms with E-state index in [4.69, 9.17) is 0 Å². The molecule has 0 aromatic heterocycles. The summed E-state index contributed by atoms with van der Waals surface area (Å²) in [6.45, 7) is 2.45. The first-order valence-corrected chi connectivity index (χ1v) is 30.2. The van der Waals surface area contributed by atoms with Crippen LogP contribution < -0.4 is 0 Å². The highest BCUT2D eigenvalue weighted by Crippen LogP contribution is 3.01. The fourth-order valence-electron chi connectivity index (χ4n) is 32.4. The number of thioether (sulfide) groups is 1. The summed E-state index contributed by atoms with van der Waals surface area (Å²) in [6.07, 6.45) is 3.86. The molecule has 23 aliphatic rings. The maximum absolute atomic E-state index is 2.87. The summed E-state index contributed by atoms with van der Waals surface area (Å²) in [5, 5.41) is 30.9. The normalized spacial score (nSPS) is 47.5. The Bertz CT molecular complexity index is 5480. The molecule has 11 aromatic carbocycles. The van der Waals surface area contributed by atoms with Crippen molar-refractivity contribution in [3.05, 3.63) is 141 Å². The van der Waals surface area contributed by atoms with Crippen LogP contribution in [0.4, 0.5) is 0 Å². The number of hydrogen-bond acceptors (Lipinski definition) is 1. The Morgan fingerprint density at radius 2 is 0.690 bits per heavy atom. The highest BCUT2D eigenvalue weighted by atomic mass is 32.2. The average molecular weight is 905 g/mol. The first kappa shape index (κ1) is 28.8. The highest BCUT2D eigenvalue weighted by Gasteiger charge is 2.89. The van der Waals surface area contributed by atoms with Gasteiger partial charge in [-0.25, -0.2) is 0 Å². The van der Waals surface area contributed by atoms with Gasteiger partial charge in [-0.2, -0.15) is 0 Å². The van der Waals surface area contributed by atoms with Crippen LogP contribution in [0.25, 0.3) is 97.3 Å². The van der Waals surface area contributed by atoms with Gasteiger partial charge in [0.1, 0.15) is 0 Å². The zero-order valence-electron chi connectivity index (χ0n) is 38.3. The van der Waals surface area contributed by atoms with Gasteiger partial charge in [-0.3, -0.25) is 0 Å². The monoisotopic (exact) mass is 904 g/mol. The number of aryl methyl sites for hydroxylation is 1. The Morgan fingerprint density at radius 3 is 1.15 bits per heavy atom. The lowest BCUT2D eigenvalue weighted by Crippen LogP contribution is -2.62. The molecule has 0 nitrogen and oxygen atoms in total. The zero-order chi connectivity index (χ0) is 42.2. The summed E-state index contributed by atoms with van der Waals surface area (Å²) in [5.74, 6) is 13.5. The van der Waals surface area contributed by atoms with Crippen molar-refractivity contribution >= 4 is 97.9 Å². The maximum atomic E-state index is 2.87. The van der Waals surface area contributed by atoms with Gasteiger partial charge in [-0.1, -0.05) is 31.5 Å². The van der Waals surface area contributed by atoms with Crippen molar-refractivity contribution in [1.29, 1.82) is 0 Å². The van der Waals surface area contributed by atoms with Crippen molar-refractivity contribution in [2.75, 3.05) is 0 Å². The summed E-state index contributed by atoms with van der Waals surface area (Å²) >= 11 is 2.64. The smallest absolute Gasteiger partial charge is 0.0645 e. The lowest BCUT2D eigenvalue weighted by atomic mass is 9.39. The van der Waals surface area contributed by atoms with Gasteiger partial charge in [-0.05, 0) is 351 Å². The summed E-state index contributed by atoms with van der Waals surface area (Å²) in [6, 6.07) is 8.18. The molecule has 1 aliphatic heterocycles. The molecule has 1 fully saturated rings. The molecule has 318 valence electrons. The van der Waals surface area contributed by atoms with Crippen LogP contribution in [0.5, 0.6) is 0 Å². The molecule has 22 aliphatic carbocycles. The summed E-state index contributed by atoms with van der Waals surface area (Å²) in [5.41, 5.74) is 48.4. The van der Waals surface area contributed by atoms with Gasteiger partial charge in [0.2, 0.25) is 0 Å². The Kier molecular flexibility index (Phi) is 2.74. The van der Waals surface area contributed by atoms with Crippen LogP contribution in [0.2, 0.25) is 0 Å². The fourth-order valence-corrected chi connectivity index (χ4v) is 34.7. The predicted octanol–water partition coefficient (Wildman–Crippen LogP) is 15.8. The lowest BCUT2D eigenvalue weighted by Gasteiger charge is -2.65. The zero-order valence-corrected chi connectivity index (χ0v) is 39.1. The third-order valence-corrected chi connectivity index (χ3v) is 32.9. The van der Waals surface area contributed by atoms with Crippen LogP contribution in [0.3, 0.4) is 0 Å². The minimum Gasteiger partial charge on any atom is -0.112 e. The van der Waals surface area contributed by atoms with Crippen LogP contribution in [-0.4, -0.2) is 0 Å². The SMILES string of the molecule is CCCCc1cccc2c1SC13c4c5c6c7c8c9c%10c%11c%12c%13c%14c%15c(c%16c%13c%10c7c4-%16)C21C1C%15C2c4c7c%10c%13c%15c%16c%17c%18c%19c%20c%21c%22c%23c(c4c4c%22c%19c%16c%104)C2C%14C%12C%23C%21C%11C9C%20C%18C8C6C%17C%15C5C3C%13C71.